The lowest BCUT2D eigenvalue weighted by Crippen LogP contribution is -2.81. The fourth-order valence-electron chi connectivity index (χ4n) is 5.39. The lowest BCUT2D eigenvalue weighted by atomic mass is 9.52. The highest BCUT2D eigenvalue weighted by molar-refractivity contribution is 6.65. The van der Waals surface area contributed by atoms with Crippen LogP contribution in [0.4, 0.5) is 0 Å². The van der Waals surface area contributed by atoms with Gasteiger partial charge in [-0.25, -0.2) is 0 Å². The Morgan fingerprint density at radius 2 is 1.96 bits per heavy atom. The second-order valence-corrected chi connectivity index (χ2v) is 8.34. The third-order valence-electron chi connectivity index (χ3n) is 7.16. The standard InChI is InChI=1S/C16H26BNO5/c1-11(12-6-4-3-5-7-12)18-8-13(14(19)9-18)15(20)23-17(18,21)16(2)10-22-16/h11-13,21H,3-10H2,1-2H3/t11?,13?,16?,17?,18-/m1/s1. The van der Waals surface area contributed by atoms with Gasteiger partial charge in [-0.15, -0.1) is 0 Å². The Morgan fingerprint density at radius 1 is 1.30 bits per heavy atom. The molecule has 23 heavy (non-hydrogen) atoms. The predicted octanol–water partition coefficient (Wildman–Crippen LogP) is 0.787. The first-order valence-corrected chi connectivity index (χ1v) is 8.96. The van der Waals surface area contributed by atoms with E-state index in [2.05, 4.69) is 6.92 Å². The Morgan fingerprint density at radius 3 is 2.57 bits per heavy atom. The molecule has 6 nitrogen and oxygen atoms in total. The molecule has 0 radical (unpaired) electrons. The molecule has 1 N–H and O–H groups in total. The predicted molar refractivity (Wildman–Crippen MR) is 83.0 cm³/mol. The van der Waals surface area contributed by atoms with Crippen molar-refractivity contribution in [1.82, 2.24) is 0 Å². The molecule has 0 spiro atoms. The summed E-state index contributed by atoms with van der Waals surface area (Å²) in [4.78, 5) is 24.7. The fourth-order valence-corrected chi connectivity index (χ4v) is 5.39. The molecule has 4 fully saturated rings. The van der Waals surface area contributed by atoms with Crippen molar-refractivity contribution in [3.8, 4) is 0 Å². The third-order valence-corrected chi connectivity index (χ3v) is 7.16. The van der Waals surface area contributed by atoms with E-state index in [9.17, 15) is 14.6 Å². The van der Waals surface area contributed by atoms with Crippen LogP contribution in [-0.4, -0.2) is 59.1 Å². The van der Waals surface area contributed by atoms with Gasteiger partial charge in [-0.1, -0.05) is 26.2 Å². The van der Waals surface area contributed by atoms with Gasteiger partial charge in [0.2, 0.25) is 5.78 Å². The normalized spacial score (nSPS) is 48.2. The van der Waals surface area contributed by atoms with Gasteiger partial charge < -0.3 is 18.8 Å². The molecule has 3 aliphatic heterocycles. The molecule has 3 saturated heterocycles. The molecule has 4 aliphatic rings. The van der Waals surface area contributed by atoms with Crippen LogP contribution in [0.25, 0.3) is 0 Å². The number of ether oxygens (including phenoxy) is 1. The zero-order valence-electron chi connectivity index (χ0n) is 14.0. The zero-order chi connectivity index (χ0) is 16.5. The molecule has 0 aromatic heterocycles. The monoisotopic (exact) mass is 323 g/mol. The molecular weight excluding hydrogens is 297 g/mol. The largest absolute Gasteiger partial charge is 0.613 e. The molecule has 7 heteroatoms. The molecular formula is C16H26BNO5. The number of carbonyl (C=O) groups excluding carboxylic acids is 2. The molecule has 2 bridgehead atoms. The Labute approximate surface area is 136 Å². The zero-order valence-corrected chi connectivity index (χ0v) is 14.0. The first-order chi connectivity index (χ1) is 10.8. The number of epoxide rings is 1. The van der Waals surface area contributed by atoms with Crippen LogP contribution in [0.2, 0.25) is 0 Å². The molecule has 4 rings (SSSR count). The number of fused-ring (bicyclic) bond motifs is 2. The molecule has 0 amide bonds. The maximum Gasteiger partial charge on any atom is 0.558 e. The number of carbonyl (C=O) groups is 2. The maximum atomic E-state index is 12.4. The number of nitrogens with zero attached hydrogens (tertiary/aromatic N) is 1. The first-order valence-electron chi connectivity index (χ1n) is 8.96. The number of ketones is 1. The van der Waals surface area contributed by atoms with Crippen molar-refractivity contribution in [3.63, 3.8) is 0 Å². The molecule has 0 aromatic carbocycles. The van der Waals surface area contributed by atoms with Crippen molar-refractivity contribution in [2.24, 2.45) is 11.8 Å². The molecule has 3 heterocycles. The van der Waals surface area contributed by atoms with Crippen molar-refractivity contribution >= 4 is 18.4 Å². The van der Waals surface area contributed by atoms with Crippen LogP contribution in [0.15, 0.2) is 0 Å². The lowest BCUT2D eigenvalue weighted by molar-refractivity contribution is -0.867. The minimum Gasteiger partial charge on any atom is -0.613 e. The molecule has 128 valence electrons. The number of hydrogen-bond donors (Lipinski definition) is 1. The van der Waals surface area contributed by atoms with E-state index in [1.807, 2.05) is 0 Å². The highest BCUT2D eigenvalue weighted by atomic mass is 16.7. The highest BCUT2D eigenvalue weighted by Crippen LogP contribution is 2.50. The second-order valence-electron chi connectivity index (χ2n) is 8.34. The number of Topliss-reactive ketones (excluding diaryl/α,β-unsaturated/α-hetero) is 1. The highest BCUT2D eigenvalue weighted by Gasteiger charge is 2.76. The minimum absolute atomic E-state index is 0.0836. The minimum atomic E-state index is -2.57. The van der Waals surface area contributed by atoms with Crippen molar-refractivity contribution in [3.05, 3.63) is 0 Å². The molecule has 1 saturated carbocycles. The van der Waals surface area contributed by atoms with Crippen LogP contribution in [-0.2, 0) is 19.0 Å². The quantitative estimate of drug-likeness (QED) is 0.472. The smallest absolute Gasteiger partial charge is 0.558 e. The van der Waals surface area contributed by atoms with Gasteiger partial charge in [0, 0.05) is 5.92 Å². The summed E-state index contributed by atoms with van der Waals surface area (Å²) in [5.74, 6) is -0.885. The number of hydrogen-bond acceptors (Lipinski definition) is 5. The van der Waals surface area contributed by atoms with Gasteiger partial charge in [-0.05, 0) is 19.8 Å². The Balaban J connectivity index is 1.75. The van der Waals surface area contributed by atoms with Gasteiger partial charge in [-0.3, -0.25) is 9.59 Å². The van der Waals surface area contributed by atoms with Crippen molar-refractivity contribution in [2.45, 2.75) is 57.5 Å². The van der Waals surface area contributed by atoms with E-state index in [1.54, 1.807) is 6.92 Å². The second kappa shape index (κ2) is 4.80. The molecule has 5 atom stereocenters. The van der Waals surface area contributed by atoms with Gasteiger partial charge in [-0.2, -0.15) is 0 Å². The van der Waals surface area contributed by atoms with Gasteiger partial charge >= 0.3 is 6.69 Å². The summed E-state index contributed by atoms with van der Waals surface area (Å²) in [6.45, 7) is 2.32. The van der Waals surface area contributed by atoms with Crippen molar-refractivity contribution in [2.75, 3.05) is 19.7 Å². The van der Waals surface area contributed by atoms with E-state index < -0.39 is 24.1 Å². The van der Waals surface area contributed by atoms with Crippen molar-refractivity contribution < 1.29 is 28.4 Å². The Bertz CT molecular complexity index is 559. The average Bonchev–Trinajstić information content (AvgIpc) is 3.20. The van der Waals surface area contributed by atoms with Gasteiger partial charge in [0.15, 0.2) is 5.92 Å². The molecule has 0 aromatic rings. The van der Waals surface area contributed by atoms with Gasteiger partial charge in [0.05, 0.1) is 24.7 Å². The summed E-state index contributed by atoms with van der Waals surface area (Å²) < 4.78 is 11.3. The summed E-state index contributed by atoms with van der Waals surface area (Å²) in [6.07, 6.45) is 5.90. The Kier molecular flexibility index (Phi) is 3.26. The summed E-state index contributed by atoms with van der Waals surface area (Å²) in [5, 5.41) is 11.5. The summed E-state index contributed by atoms with van der Waals surface area (Å²) in [5.41, 5.74) is -0.839. The molecule has 1 aliphatic carbocycles. The van der Waals surface area contributed by atoms with Gasteiger partial charge in [0.25, 0.3) is 5.97 Å². The Hall–Kier alpha value is -0.915. The van der Waals surface area contributed by atoms with Crippen LogP contribution in [0.5, 0.6) is 0 Å². The lowest BCUT2D eigenvalue weighted by Gasteiger charge is -2.61. The number of quaternary nitrogens is 1. The van der Waals surface area contributed by atoms with E-state index in [-0.39, 0.29) is 22.8 Å². The summed E-state index contributed by atoms with van der Waals surface area (Å²) in [6, 6.07) is 0.100. The van der Waals surface area contributed by atoms with E-state index in [0.717, 1.165) is 12.8 Å². The van der Waals surface area contributed by atoms with Crippen LogP contribution in [0.1, 0.15) is 46.0 Å². The van der Waals surface area contributed by atoms with Crippen LogP contribution in [0.3, 0.4) is 0 Å². The average molecular weight is 323 g/mol. The maximum absolute atomic E-state index is 12.4. The number of rotatable bonds is 3. The van der Waals surface area contributed by atoms with Crippen LogP contribution >= 0.6 is 0 Å². The first kappa shape index (κ1) is 15.6. The summed E-state index contributed by atoms with van der Waals surface area (Å²) in [7, 11) is 0. The van der Waals surface area contributed by atoms with E-state index in [1.165, 1.54) is 19.3 Å². The topological polar surface area (TPSA) is 76.1 Å². The SMILES string of the molecule is CC(C1CCCCC1)[N@+]12CC(=O)C(C1)C(=O)O[B-]2(O)C1(C)CO1. The summed E-state index contributed by atoms with van der Waals surface area (Å²) >= 11 is 0. The van der Waals surface area contributed by atoms with Crippen LogP contribution in [0, 0.1) is 11.8 Å². The molecule has 4 unspecified atom stereocenters. The third kappa shape index (κ3) is 1.93. The van der Waals surface area contributed by atoms with E-state index in [4.69, 9.17) is 9.39 Å². The van der Waals surface area contributed by atoms with E-state index >= 15 is 0 Å². The fraction of sp³-hybridized carbons (Fsp3) is 0.875. The van der Waals surface area contributed by atoms with E-state index in [0.29, 0.717) is 19.1 Å². The van der Waals surface area contributed by atoms with Crippen LogP contribution < -0.4 is 0 Å². The van der Waals surface area contributed by atoms with Gasteiger partial charge in [0.1, 0.15) is 6.54 Å². The van der Waals surface area contributed by atoms with Crippen molar-refractivity contribution in [1.29, 1.82) is 0 Å².